The monoisotopic (exact) mass is 284 g/mol. The van der Waals surface area contributed by atoms with Crippen LogP contribution in [0.15, 0.2) is 18.2 Å². The van der Waals surface area contributed by atoms with Crippen molar-refractivity contribution in [2.24, 2.45) is 0 Å². The highest BCUT2D eigenvalue weighted by Crippen LogP contribution is 2.35. The highest BCUT2D eigenvalue weighted by atomic mass is 79.9. The summed E-state index contributed by atoms with van der Waals surface area (Å²) < 4.78 is 50.5. The van der Waals surface area contributed by atoms with Gasteiger partial charge in [-0.25, -0.2) is 4.39 Å². The summed E-state index contributed by atoms with van der Waals surface area (Å²) in [7, 11) is 0. The average Bonchev–Trinajstić information content (AvgIpc) is 2.14. The Morgan fingerprint density at radius 2 is 1.93 bits per heavy atom. The summed E-state index contributed by atoms with van der Waals surface area (Å²) in [4.78, 5) is 0. The van der Waals surface area contributed by atoms with E-state index in [0.29, 0.717) is 5.33 Å². The predicted octanol–water partition coefficient (Wildman–Crippen LogP) is 4.34. The van der Waals surface area contributed by atoms with Crippen molar-refractivity contribution in [2.45, 2.75) is 19.0 Å². The third-order valence-corrected chi connectivity index (χ3v) is 3.05. The smallest absolute Gasteiger partial charge is 0.207 e. The van der Waals surface area contributed by atoms with Gasteiger partial charge in [0, 0.05) is 5.33 Å². The fourth-order valence-corrected chi connectivity index (χ4v) is 1.63. The van der Waals surface area contributed by atoms with Crippen molar-refractivity contribution in [3.63, 3.8) is 0 Å². The van der Waals surface area contributed by atoms with Gasteiger partial charge < -0.3 is 0 Å². The molecule has 1 rings (SSSR count). The Hall–Kier alpha value is -0.580. The summed E-state index contributed by atoms with van der Waals surface area (Å²) in [6.07, 6.45) is -4.43. The van der Waals surface area contributed by atoms with E-state index in [2.05, 4.69) is 15.9 Å². The number of alkyl halides is 4. The topological polar surface area (TPSA) is 0 Å². The van der Waals surface area contributed by atoms with Crippen molar-refractivity contribution in [1.82, 2.24) is 0 Å². The minimum Gasteiger partial charge on any atom is -0.207 e. The highest BCUT2D eigenvalue weighted by molar-refractivity contribution is 9.09. The van der Waals surface area contributed by atoms with Gasteiger partial charge in [-0.3, -0.25) is 0 Å². The SMILES string of the molecule is CC(CBr)c1cc(F)ccc1C(F)(F)F. The molecule has 0 aliphatic heterocycles. The Kier molecular flexibility index (Phi) is 3.76. The lowest BCUT2D eigenvalue weighted by Crippen LogP contribution is -2.12. The van der Waals surface area contributed by atoms with Crippen LogP contribution in [0.2, 0.25) is 0 Å². The molecule has 0 aliphatic rings. The molecule has 5 heteroatoms. The van der Waals surface area contributed by atoms with Crippen molar-refractivity contribution in [3.8, 4) is 0 Å². The zero-order valence-corrected chi connectivity index (χ0v) is 9.49. The number of benzene rings is 1. The molecule has 0 bridgehead atoms. The van der Waals surface area contributed by atoms with Gasteiger partial charge in [-0.1, -0.05) is 22.9 Å². The summed E-state index contributed by atoms with van der Waals surface area (Å²) in [6.45, 7) is 1.61. The van der Waals surface area contributed by atoms with Crippen molar-refractivity contribution in [1.29, 1.82) is 0 Å². The van der Waals surface area contributed by atoms with Crippen molar-refractivity contribution in [3.05, 3.63) is 35.1 Å². The molecule has 0 amide bonds. The van der Waals surface area contributed by atoms with Gasteiger partial charge in [0.2, 0.25) is 0 Å². The molecule has 1 aromatic carbocycles. The standard InChI is InChI=1S/C10H9BrF4/c1-6(5-11)8-4-7(12)2-3-9(8)10(13,14)15/h2-4,6H,5H2,1H3. The van der Waals surface area contributed by atoms with Crippen LogP contribution in [0.3, 0.4) is 0 Å². The zero-order valence-electron chi connectivity index (χ0n) is 7.91. The largest absolute Gasteiger partial charge is 0.416 e. The summed E-state index contributed by atoms with van der Waals surface area (Å²) in [6, 6.07) is 2.55. The molecule has 0 saturated carbocycles. The van der Waals surface area contributed by atoms with Crippen LogP contribution in [-0.4, -0.2) is 5.33 Å². The molecule has 0 fully saturated rings. The molecule has 0 aliphatic carbocycles. The molecule has 0 heterocycles. The van der Waals surface area contributed by atoms with Gasteiger partial charge in [0.15, 0.2) is 0 Å². The van der Waals surface area contributed by atoms with E-state index in [1.807, 2.05) is 0 Å². The van der Waals surface area contributed by atoms with Crippen molar-refractivity contribution >= 4 is 15.9 Å². The molecule has 15 heavy (non-hydrogen) atoms. The minimum absolute atomic E-state index is 0.0145. The second kappa shape index (κ2) is 4.51. The van der Waals surface area contributed by atoms with Gasteiger partial charge in [0.25, 0.3) is 0 Å². The molecule has 0 spiro atoms. The molecule has 0 aromatic heterocycles. The van der Waals surface area contributed by atoms with Crippen LogP contribution in [0.1, 0.15) is 24.0 Å². The van der Waals surface area contributed by atoms with Crippen LogP contribution >= 0.6 is 15.9 Å². The van der Waals surface area contributed by atoms with Crippen LogP contribution in [-0.2, 0) is 6.18 Å². The second-order valence-corrected chi connectivity index (χ2v) is 3.93. The number of halogens is 5. The van der Waals surface area contributed by atoms with E-state index in [9.17, 15) is 17.6 Å². The molecule has 1 aromatic rings. The first-order valence-electron chi connectivity index (χ1n) is 4.29. The summed E-state index contributed by atoms with van der Waals surface area (Å²) in [5, 5.41) is 0.361. The molecular weight excluding hydrogens is 276 g/mol. The van der Waals surface area contributed by atoms with Gasteiger partial charge in [-0.15, -0.1) is 0 Å². The Bertz CT molecular complexity index is 346. The number of rotatable bonds is 2. The van der Waals surface area contributed by atoms with Gasteiger partial charge in [0.1, 0.15) is 5.82 Å². The van der Waals surface area contributed by atoms with Crippen LogP contribution in [0, 0.1) is 5.82 Å². The Balaban J connectivity index is 3.27. The highest BCUT2D eigenvalue weighted by Gasteiger charge is 2.34. The maximum Gasteiger partial charge on any atom is 0.416 e. The molecule has 0 radical (unpaired) electrons. The van der Waals surface area contributed by atoms with Crippen LogP contribution < -0.4 is 0 Å². The normalized spacial score (nSPS) is 14.0. The molecule has 84 valence electrons. The van der Waals surface area contributed by atoms with Crippen molar-refractivity contribution < 1.29 is 17.6 Å². The third-order valence-electron chi connectivity index (χ3n) is 2.08. The number of hydrogen-bond acceptors (Lipinski definition) is 0. The Morgan fingerprint density at radius 1 is 1.33 bits per heavy atom. The first-order valence-corrected chi connectivity index (χ1v) is 5.41. The van der Waals surface area contributed by atoms with Gasteiger partial charge in [0.05, 0.1) is 5.56 Å². The van der Waals surface area contributed by atoms with Crippen molar-refractivity contribution in [2.75, 3.05) is 5.33 Å². The van der Waals surface area contributed by atoms with E-state index in [0.717, 1.165) is 18.2 Å². The fraction of sp³-hybridized carbons (Fsp3) is 0.400. The first-order chi connectivity index (χ1) is 6.86. The van der Waals surface area contributed by atoms with E-state index < -0.39 is 17.6 Å². The summed E-state index contributed by atoms with van der Waals surface area (Å²) in [5.41, 5.74) is -0.782. The van der Waals surface area contributed by atoms with Gasteiger partial charge in [-0.05, 0) is 29.7 Å². The first kappa shape index (κ1) is 12.5. The maximum atomic E-state index is 12.8. The van der Waals surface area contributed by atoms with Crippen LogP contribution in [0.25, 0.3) is 0 Å². The van der Waals surface area contributed by atoms with E-state index >= 15 is 0 Å². The van der Waals surface area contributed by atoms with Crippen LogP contribution in [0.4, 0.5) is 17.6 Å². The summed E-state index contributed by atoms with van der Waals surface area (Å²) >= 11 is 3.09. The van der Waals surface area contributed by atoms with Gasteiger partial charge in [-0.2, -0.15) is 13.2 Å². The Labute approximate surface area is 93.4 Å². The minimum atomic E-state index is -4.43. The lowest BCUT2D eigenvalue weighted by molar-refractivity contribution is -0.138. The molecular formula is C10H9BrF4. The molecule has 0 saturated heterocycles. The van der Waals surface area contributed by atoms with Gasteiger partial charge >= 0.3 is 6.18 Å². The third kappa shape index (κ3) is 2.93. The maximum absolute atomic E-state index is 12.8. The zero-order chi connectivity index (χ0) is 11.6. The van der Waals surface area contributed by atoms with E-state index in [4.69, 9.17) is 0 Å². The van der Waals surface area contributed by atoms with E-state index in [1.54, 1.807) is 6.92 Å². The average molecular weight is 285 g/mol. The quantitative estimate of drug-likeness (QED) is 0.560. The second-order valence-electron chi connectivity index (χ2n) is 3.28. The fourth-order valence-electron chi connectivity index (χ4n) is 1.28. The molecule has 0 nitrogen and oxygen atoms in total. The van der Waals surface area contributed by atoms with E-state index in [-0.39, 0.29) is 11.5 Å². The molecule has 0 N–H and O–H groups in total. The summed E-state index contributed by atoms with van der Waals surface area (Å²) in [5.74, 6) is -1.02. The van der Waals surface area contributed by atoms with E-state index in [1.165, 1.54) is 0 Å². The predicted molar refractivity (Wildman–Crippen MR) is 53.6 cm³/mol. The lowest BCUT2D eigenvalue weighted by Gasteiger charge is -2.16. The molecule has 1 unspecified atom stereocenters. The molecule has 1 atom stereocenters. The Morgan fingerprint density at radius 3 is 2.40 bits per heavy atom. The number of hydrogen-bond donors (Lipinski definition) is 0. The lowest BCUT2D eigenvalue weighted by atomic mass is 9.97. The van der Waals surface area contributed by atoms with Crippen LogP contribution in [0.5, 0.6) is 0 Å².